The number of amides is 1. The zero-order valence-electron chi connectivity index (χ0n) is 13.4. The lowest BCUT2D eigenvalue weighted by molar-refractivity contribution is 0.0899. The SMILES string of the molecule is CC(C)n1nnnc1[C@H]1CCCN1C(=O)OCc1ccccc1. The summed E-state index contributed by atoms with van der Waals surface area (Å²) < 4.78 is 7.22. The monoisotopic (exact) mass is 315 g/mol. The van der Waals surface area contributed by atoms with Gasteiger partial charge < -0.3 is 4.74 Å². The Hall–Kier alpha value is -2.44. The number of aromatic nitrogens is 4. The minimum atomic E-state index is -0.311. The van der Waals surface area contributed by atoms with Crippen LogP contribution in [0.1, 0.15) is 50.2 Å². The topological polar surface area (TPSA) is 73.1 Å². The van der Waals surface area contributed by atoms with Crippen LogP contribution in [0.25, 0.3) is 0 Å². The molecule has 1 aliphatic rings. The number of rotatable bonds is 4. The Morgan fingerprint density at radius 3 is 2.87 bits per heavy atom. The molecular weight excluding hydrogens is 294 g/mol. The highest BCUT2D eigenvalue weighted by Crippen LogP contribution is 2.31. The van der Waals surface area contributed by atoms with Crippen LogP contribution < -0.4 is 0 Å². The van der Waals surface area contributed by atoms with Crippen LogP contribution in [-0.4, -0.2) is 37.7 Å². The number of ether oxygens (including phenoxy) is 1. The predicted molar refractivity (Wildman–Crippen MR) is 83.5 cm³/mol. The van der Waals surface area contributed by atoms with Gasteiger partial charge in [-0.2, -0.15) is 0 Å². The van der Waals surface area contributed by atoms with Gasteiger partial charge in [-0.1, -0.05) is 30.3 Å². The minimum absolute atomic E-state index is 0.115. The van der Waals surface area contributed by atoms with Crippen molar-refractivity contribution in [2.24, 2.45) is 0 Å². The third kappa shape index (κ3) is 3.33. The largest absolute Gasteiger partial charge is 0.445 e. The molecule has 0 N–H and O–H groups in total. The van der Waals surface area contributed by atoms with Crippen molar-refractivity contribution in [1.29, 1.82) is 0 Å². The van der Waals surface area contributed by atoms with Crippen molar-refractivity contribution >= 4 is 6.09 Å². The zero-order valence-corrected chi connectivity index (χ0v) is 13.4. The van der Waals surface area contributed by atoms with Gasteiger partial charge in [-0.3, -0.25) is 4.90 Å². The number of benzene rings is 1. The molecule has 7 heteroatoms. The third-order valence-corrected chi connectivity index (χ3v) is 4.00. The molecule has 0 unspecified atom stereocenters. The molecule has 1 fully saturated rings. The molecule has 0 spiro atoms. The van der Waals surface area contributed by atoms with E-state index in [1.165, 1.54) is 0 Å². The Labute approximate surface area is 135 Å². The van der Waals surface area contributed by atoms with Gasteiger partial charge in [0.05, 0.1) is 12.1 Å². The van der Waals surface area contributed by atoms with E-state index < -0.39 is 0 Å². The molecule has 1 saturated heterocycles. The van der Waals surface area contributed by atoms with Gasteiger partial charge in [-0.05, 0) is 42.7 Å². The van der Waals surface area contributed by atoms with Crippen molar-refractivity contribution in [1.82, 2.24) is 25.1 Å². The summed E-state index contributed by atoms with van der Waals surface area (Å²) in [6, 6.07) is 9.71. The lowest BCUT2D eigenvalue weighted by Crippen LogP contribution is -2.32. The Kier molecular flexibility index (Phi) is 4.55. The fourth-order valence-electron chi connectivity index (χ4n) is 2.84. The molecule has 7 nitrogen and oxygen atoms in total. The van der Waals surface area contributed by atoms with E-state index >= 15 is 0 Å². The molecule has 122 valence electrons. The average Bonchev–Trinajstić information content (AvgIpc) is 3.21. The van der Waals surface area contributed by atoms with Crippen LogP contribution in [0.5, 0.6) is 0 Å². The van der Waals surface area contributed by atoms with Gasteiger partial charge in [-0.25, -0.2) is 9.48 Å². The van der Waals surface area contributed by atoms with Crippen LogP contribution in [-0.2, 0) is 11.3 Å². The first-order valence-corrected chi connectivity index (χ1v) is 7.92. The smallest absolute Gasteiger partial charge is 0.410 e. The van der Waals surface area contributed by atoms with E-state index in [1.54, 1.807) is 9.58 Å². The second-order valence-corrected chi connectivity index (χ2v) is 5.97. The molecule has 23 heavy (non-hydrogen) atoms. The minimum Gasteiger partial charge on any atom is -0.445 e. The number of hydrogen-bond donors (Lipinski definition) is 0. The summed E-state index contributed by atoms with van der Waals surface area (Å²) in [5, 5.41) is 11.9. The molecule has 1 aliphatic heterocycles. The van der Waals surface area contributed by atoms with Crippen LogP contribution in [0.4, 0.5) is 4.79 Å². The first kappa shape index (κ1) is 15.5. The van der Waals surface area contributed by atoms with Gasteiger partial charge in [0.1, 0.15) is 6.61 Å². The van der Waals surface area contributed by atoms with Gasteiger partial charge in [0.25, 0.3) is 0 Å². The number of likely N-dealkylation sites (tertiary alicyclic amines) is 1. The summed E-state index contributed by atoms with van der Waals surface area (Å²) in [6.07, 6.45) is 1.47. The Morgan fingerprint density at radius 2 is 2.13 bits per heavy atom. The van der Waals surface area contributed by atoms with E-state index in [0.29, 0.717) is 6.54 Å². The van der Waals surface area contributed by atoms with E-state index in [-0.39, 0.29) is 24.8 Å². The summed E-state index contributed by atoms with van der Waals surface area (Å²) in [7, 11) is 0. The maximum absolute atomic E-state index is 12.4. The molecule has 0 aliphatic carbocycles. The Balaban J connectivity index is 1.68. The van der Waals surface area contributed by atoms with Crippen molar-refractivity contribution in [2.45, 2.75) is 45.4 Å². The molecule has 0 radical (unpaired) electrons. The van der Waals surface area contributed by atoms with Crippen LogP contribution in [0, 0.1) is 0 Å². The molecule has 0 bridgehead atoms. The molecule has 2 heterocycles. The van der Waals surface area contributed by atoms with E-state index in [2.05, 4.69) is 15.5 Å². The number of nitrogens with zero attached hydrogens (tertiary/aromatic N) is 5. The maximum Gasteiger partial charge on any atom is 0.410 e. The van der Waals surface area contributed by atoms with Gasteiger partial charge in [-0.15, -0.1) is 5.10 Å². The molecule has 3 rings (SSSR count). The van der Waals surface area contributed by atoms with Crippen molar-refractivity contribution in [3.05, 3.63) is 41.7 Å². The second kappa shape index (κ2) is 6.76. The lowest BCUT2D eigenvalue weighted by atomic mass is 10.2. The summed E-state index contributed by atoms with van der Waals surface area (Å²) in [4.78, 5) is 14.2. The maximum atomic E-state index is 12.4. The van der Waals surface area contributed by atoms with Crippen molar-refractivity contribution < 1.29 is 9.53 Å². The van der Waals surface area contributed by atoms with E-state index in [9.17, 15) is 4.79 Å². The highest BCUT2D eigenvalue weighted by Gasteiger charge is 2.35. The van der Waals surface area contributed by atoms with E-state index in [4.69, 9.17) is 4.74 Å². The van der Waals surface area contributed by atoms with E-state index in [1.807, 2.05) is 44.2 Å². The molecule has 1 aromatic carbocycles. The van der Waals surface area contributed by atoms with Gasteiger partial charge in [0, 0.05) is 6.54 Å². The normalized spacial score (nSPS) is 17.7. The number of carbonyl (C=O) groups is 1. The molecule has 1 atom stereocenters. The molecule has 1 aromatic heterocycles. The summed E-state index contributed by atoms with van der Waals surface area (Å²) in [5.41, 5.74) is 0.976. The molecule has 1 amide bonds. The highest BCUT2D eigenvalue weighted by atomic mass is 16.6. The van der Waals surface area contributed by atoms with Crippen LogP contribution >= 0.6 is 0 Å². The molecule has 0 saturated carbocycles. The summed E-state index contributed by atoms with van der Waals surface area (Å²) >= 11 is 0. The predicted octanol–water partition coefficient (Wildman–Crippen LogP) is 2.73. The average molecular weight is 315 g/mol. The molecular formula is C16H21N5O2. The first-order chi connectivity index (χ1) is 11.2. The third-order valence-electron chi connectivity index (χ3n) is 4.00. The standard InChI is InChI=1S/C16H21N5O2/c1-12(2)21-15(17-18-19-21)14-9-6-10-20(14)16(22)23-11-13-7-4-3-5-8-13/h3-5,7-8,12,14H,6,9-11H2,1-2H3/t14-/m1/s1. The Bertz CT molecular complexity index is 656. The van der Waals surface area contributed by atoms with Crippen LogP contribution in [0.2, 0.25) is 0 Å². The van der Waals surface area contributed by atoms with Crippen molar-refractivity contribution in [2.75, 3.05) is 6.54 Å². The Morgan fingerprint density at radius 1 is 1.35 bits per heavy atom. The highest BCUT2D eigenvalue weighted by molar-refractivity contribution is 5.68. The molecule has 2 aromatic rings. The van der Waals surface area contributed by atoms with Crippen LogP contribution in [0.15, 0.2) is 30.3 Å². The number of tetrazole rings is 1. The summed E-state index contributed by atoms with van der Waals surface area (Å²) in [6.45, 7) is 4.99. The number of carbonyl (C=O) groups excluding carboxylic acids is 1. The number of hydrogen-bond acceptors (Lipinski definition) is 5. The fourth-order valence-corrected chi connectivity index (χ4v) is 2.84. The van der Waals surface area contributed by atoms with Gasteiger partial charge in [0.2, 0.25) is 0 Å². The van der Waals surface area contributed by atoms with E-state index in [0.717, 1.165) is 24.2 Å². The zero-order chi connectivity index (χ0) is 16.2. The fraction of sp³-hybridized carbons (Fsp3) is 0.500. The lowest BCUT2D eigenvalue weighted by Gasteiger charge is -2.23. The second-order valence-electron chi connectivity index (χ2n) is 5.97. The summed E-state index contributed by atoms with van der Waals surface area (Å²) in [5.74, 6) is 0.731. The van der Waals surface area contributed by atoms with Gasteiger partial charge in [0.15, 0.2) is 5.82 Å². The van der Waals surface area contributed by atoms with Gasteiger partial charge >= 0.3 is 6.09 Å². The first-order valence-electron chi connectivity index (χ1n) is 7.92. The van der Waals surface area contributed by atoms with Crippen molar-refractivity contribution in [3.63, 3.8) is 0 Å². The van der Waals surface area contributed by atoms with Crippen molar-refractivity contribution in [3.8, 4) is 0 Å². The quantitative estimate of drug-likeness (QED) is 0.867. The van der Waals surface area contributed by atoms with Crippen LogP contribution in [0.3, 0.4) is 0 Å².